The van der Waals surface area contributed by atoms with Gasteiger partial charge in [-0.3, -0.25) is 4.90 Å². The van der Waals surface area contributed by atoms with E-state index in [-0.39, 0.29) is 0 Å². The van der Waals surface area contributed by atoms with Gasteiger partial charge in [0.15, 0.2) is 0 Å². The lowest BCUT2D eigenvalue weighted by Gasteiger charge is -2.40. The van der Waals surface area contributed by atoms with Crippen molar-refractivity contribution in [3.63, 3.8) is 0 Å². The summed E-state index contributed by atoms with van der Waals surface area (Å²) in [4.78, 5) is 2.51. The van der Waals surface area contributed by atoms with Crippen molar-refractivity contribution in [3.05, 3.63) is 0 Å². The monoisotopic (exact) mass is 297 g/mol. The Bertz CT molecular complexity index is 138. The van der Waals surface area contributed by atoms with Gasteiger partial charge in [-0.15, -0.1) is 0 Å². The highest BCUT2D eigenvalue weighted by Crippen LogP contribution is 2.22. The maximum absolute atomic E-state index is 2.51. The van der Waals surface area contributed by atoms with Crippen LogP contribution < -0.4 is 0 Å². The molecule has 0 saturated heterocycles. The van der Waals surface area contributed by atoms with Crippen LogP contribution in [0.4, 0.5) is 0 Å². The molecule has 0 amide bonds. The Kier molecular flexibility index (Phi) is 5.84. The largest absolute Gasteiger partial charge is 0.298 e. The summed E-state index contributed by atoms with van der Waals surface area (Å²) < 4.78 is 1.25. The Morgan fingerprint density at radius 1 is 1.23 bits per heavy atom. The Morgan fingerprint density at radius 2 is 1.69 bits per heavy atom. The van der Waals surface area contributed by atoms with Gasteiger partial charge in [0.05, 0.1) is 0 Å². The van der Waals surface area contributed by atoms with Gasteiger partial charge in [-0.1, -0.05) is 36.4 Å². The van der Waals surface area contributed by atoms with Gasteiger partial charge in [0.1, 0.15) is 0 Å². The number of rotatable bonds is 4. The standard InChI is InChI=1S/C11H24IN/c1-9(2)10(7-8-12)13(6)11(3,4)5/h9-10H,7-8H2,1-6H3. The molecule has 80 valence electrons. The van der Waals surface area contributed by atoms with Crippen LogP contribution in [0, 0.1) is 5.92 Å². The first-order valence-electron chi connectivity index (χ1n) is 5.09. The van der Waals surface area contributed by atoms with Crippen LogP contribution in [0.5, 0.6) is 0 Å². The van der Waals surface area contributed by atoms with Gasteiger partial charge >= 0.3 is 0 Å². The average Bonchev–Trinajstić information content (AvgIpc) is 1.96. The van der Waals surface area contributed by atoms with Crippen LogP contribution in [0.1, 0.15) is 41.0 Å². The topological polar surface area (TPSA) is 3.24 Å². The fraction of sp³-hybridized carbons (Fsp3) is 1.00. The van der Waals surface area contributed by atoms with Gasteiger partial charge in [-0.2, -0.15) is 0 Å². The van der Waals surface area contributed by atoms with Gasteiger partial charge in [0, 0.05) is 16.0 Å². The lowest BCUT2D eigenvalue weighted by Crippen LogP contribution is -2.47. The lowest BCUT2D eigenvalue weighted by atomic mass is 9.95. The molecule has 0 aromatic rings. The second-order valence-corrected chi connectivity index (χ2v) is 6.15. The van der Waals surface area contributed by atoms with Gasteiger partial charge in [-0.25, -0.2) is 0 Å². The smallest absolute Gasteiger partial charge is 0.0128 e. The molecule has 2 heteroatoms. The molecule has 0 aliphatic heterocycles. The van der Waals surface area contributed by atoms with Crippen LogP contribution >= 0.6 is 22.6 Å². The van der Waals surface area contributed by atoms with Gasteiger partial charge in [0.2, 0.25) is 0 Å². The van der Waals surface area contributed by atoms with Crippen molar-refractivity contribution in [3.8, 4) is 0 Å². The summed E-state index contributed by atoms with van der Waals surface area (Å²) in [5.41, 5.74) is 0.292. The van der Waals surface area contributed by atoms with Crippen molar-refractivity contribution >= 4 is 22.6 Å². The normalized spacial score (nSPS) is 15.5. The summed E-state index contributed by atoms with van der Waals surface area (Å²) in [5.74, 6) is 0.749. The summed E-state index contributed by atoms with van der Waals surface area (Å²) in [6.45, 7) is 11.5. The minimum Gasteiger partial charge on any atom is -0.298 e. The van der Waals surface area contributed by atoms with Crippen LogP contribution in [-0.2, 0) is 0 Å². The van der Waals surface area contributed by atoms with E-state index in [1.807, 2.05) is 0 Å². The molecule has 0 rings (SSSR count). The van der Waals surface area contributed by atoms with E-state index in [1.165, 1.54) is 10.8 Å². The highest BCUT2D eigenvalue weighted by molar-refractivity contribution is 14.1. The van der Waals surface area contributed by atoms with Crippen LogP contribution in [0.25, 0.3) is 0 Å². The van der Waals surface area contributed by atoms with Crippen molar-refractivity contribution in [2.24, 2.45) is 5.92 Å². The second kappa shape index (κ2) is 5.54. The van der Waals surface area contributed by atoms with E-state index in [0.717, 1.165) is 12.0 Å². The molecule has 0 aromatic carbocycles. The molecule has 0 fully saturated rings. The molecule has 0 spiro atoms. The van der Waals surface area contributed by atoms with E-state index in [4.69, 9.17) is 0 Å². The number of hydrogen-bond donors (Lipinski definition) is 0. The number of halogens is 1. The molecule has 0 aromatic heterocycles. The minimum absolute atomic E-state index is 0.292. The minimum atomic E-state index is 0.292. The summed E-state index contributed by atoms with van der Waals surface area (Å²) in [7, 11) is 2.25. The highest BCUT2D eigenvalue weighted by atomic mass is 127. The van der Waals surface area contributed by atoms with E-state index < -0.39 is 0 Å². The number of alkyl halides is 1. The average molecular weight is 297 g/mol. The van der Waals surface area contributed by atoms with Gasteiger partial charge in [-0.05, 0) is 40.2 Å². The first-order valence-corrected chi connectivity index (χ1v) is 6.62. The van der Waals surface area contributed by atoms with Gasteiger partial charge < -0.3 is 0 Å². The Labute approximate surface area is 97.4 Å². The molecule has 0 N–H and O–H groups in total. The Hall–Kier alpha value is 0.690. The number of hydrogen-bond acceptors (Lipinski definition) is 1. The second-order valence-electron chi connectivity index (χ2n) is 5.07. The molecular formula is C11H24IN. The van der Waals surface area contributed by atoms with Crippen molar-refractivity contribution in [1.29, 1.82) is 0 Å². The zero-order valence-corrected chi connectivity index (χ0v) is 12.1. The van der Waals surface area contributed by atoms with Crippen LogP contribution in [0.15, 0.2) is 0 Å². The molecule has 1 unspecified atom stereocenters. The molecular weight excluding hydrogens is 273 g/mol. The molecule has 0 aliphatic carbocycles. The zero-order valence-electron chi connectivity index (χ0n) is 9.89. The SMILES string of the molecule is CC(C)C(CCI)N(C)C(C)(C)C. The van der Waals surface area contributed by atoms with Gasteiger partial charge in [0.25, 0.3) is 0 Å². The Balaban J connectivity index is 4.36. The maximum atomic E-state index is 2.51. The predicted molar refractivity (Wildman–Crippen MR) is 69.6 cm³/mol. The third kappa shape index (κ3) is 4.63. The van der Waals surface area contributed by atoms with Crippen molar-refractivity contribution < 1.29 is 0 Å². The highest BCUT2D eigenvalue weighted by Gasteiger charge is 2.26. The quantitative estimate of drug-likeness (QED) is 0.566. The molecule has 13 heavy (non-hydrogen) atoms. The molecule has 0 saturated carbocycles. The van der Waals surface area contributed by atoms with Crippen molar-refractivity contribution in [1.82, 2.24) is 4.90 Å². The van der Waals surface area contributed by atoms with E-state index >= 15 is 0 Å². The summed E-state index contributed by atoms with van der Waals surface area (Å²) in [6.07, 6.45) is 1.30. The van der Waals surface area contributed by atoms with E-state index in [9.17, 15) is 0 Å². The molecule has 1 nitrogen and oxygen atoms in total. The molecule has 1 atom stereocenters. The molecule has 0 bridgehead atoms. The van der Waals surface area contributed by atoms with E-state index in [0.29, 0.717) is 5.54 Å². The molecule has 0 radical (unpaired) electrons. The summed E-state index contributed by atoms with van der Waals surface area (Å²) >= 11 is 2.47. The molecule has 0 aliphatic rings. The summed E-state index contributed by atoms with van der Waals surface area (Å²) in [6, 6.07) is 0.719. The van der Waals surface area contributed by atoms with E-state index in [2.05, 4.69) is 69.2 Å². The Morgan fingerprint density at radius 3 is 1.92 bits per heavy atom. The predicted octanol–water partition coefficient (Wildman–Crippen LogP) is 3.57. The fourth-order valence-corrected chi connectivity index (χ4v) is 2.22. The van der Waals surface area contributed by atoms with Crippen LogP contribution in [0.2, 0.25) is 0 Å². The van der Waals surface area contributed by atoms with Crippen molar-refractivity contribution in [2.75, 3.05) is 11.5 Å². The molecule has 0 heterocycles. The first kappa shape index (κ1) is 13.7. The van der Waals surface area contributed by atoms with Crippen molar-refractivity contribution in [2.45, 2.75) is 52.6 Å². The van der Waals surface area contributed by atoms with E-state index in [1.54, 1.807) is 0 Å². The number of nitrogens with zero attached hydrogens (tertiary/aromatic N) is 1. The maximum Gasteiger partial charge on any atom is 0.0128 e. The van der Waals surface area contributed by atoms with Crippen LogP contribution in [-0.4, -0.2) is 28.0 Å². The summed E-state index contributed by atoms with van der Waals surface area (Å²) in [5, 5.41) is 0. The lowest BCUT2D eigenvalue weighted by molar-refractivity contribution is 0.0861. The van der Waals surface area contributed by atoms with Crippen LogP contribution in [0.3, 0.4) is 0 Å². The first-order chi connectivity index (χ1) is 5.80. The third-order valence-electron chi connectivity index (χ3n) is 2.73. The third-order valence-corrected chi connectivity index (χ3v) is 3.35. The zero-order chi connectivity index (χ0) is 10.6. The fourth-order valence-electron chi connectivity index (χ4n) is 1.58.